The smallest absolute Gasteiger partial charge is 0.253 e. The van der Waals surface area contributed by atoms with Gasteiger partial charge in [-0.3, -0.25) is 4.79 Å². The second-order valence-corrected chi connectivity index (χ2v) is 10.7. The summed E-state index contributed by atoms with van der Waals surface area (Å²) >= 11 is 0. The lowest BCUT2D eigenvalue weighted by Gasteiger charge is -2.40. The van der Waals surface area contributed by atoms with E-state index in [1.807, 2.05) is 35.2 Å². The predicted octanol–water partition coefficient (Wildman–Crippen LogP) is 5.73. The summed E-state index contributed by atoms with van der Waals surface area (Å²) in [5.41, 5.74) is 3.88. The van der Waals surface area contributed by atoms with Crippen LogP contribution >= 0.6 is 0 Å². The number of piperazine rings is 1. The summed E-state index contributed by atoms with van der Waals surface area (Å²) in [7, 11) is 0. The Hall–Kier alpha value is -3.81. The minimum atomic E-state index is -0.0526. The number of nitrogens with zero attached hydrogens (tertiary/aromatic N) is 4. The molecule has 2 atom stereocenters. The first-order valence-electron chi connectivity index (χ1n) is 14.4. The molecule has 40 heavy (non-hydrogen) atoms. The summed E-state index contributed by atoms with van der Waals surface area (Å²) in [5.74, 6) is 0.952. The number of fused-ring (bicyclic) bond motifs is 1. The molecule has 1 unspecified atom stereocenters. The quantitative estimate of drug-likeness (QED) is 0.300. The van der Waals surface area contributed by atoms with Gasteiger partial charge in [-0.05, 0) is 50.3 Å². The number of hydrogen-bond donors (Lipinski definition) is 0. The molecule has 0 saturated carbocycles. The van der Waals surface area contributed by atoms with Gasteiger partial charge in [-0.25, -0.2) is 0 Å². The van der Waals surface area contributed by atoms with Gasteiger partial charge < -0.3 is 19.3 Å². The van der Waals surface area contributed by atoms with Gasteiger partial charge in [0.1, 0.15) is 5.69 Å². The molecule has 7 heteroatoms. The summed E-state index contributed by atoms with van der Waals surface area (Å²) in [4.78, 5) is 17.2. The van der Waals surface area contributed by atoms with E-state index in [2.05, 4.69) is 60.4 Å². The number of carbonyl (C=O) groups excluding carboxylic acids is 1. The highest BCUT2D eigenvalue weighted by atomic mass is 16.7. The van der Waals surface area contributed by atoms with Crippen LogP contribution in [-0.4, -0.2) is 66.2 Å². The van der Waals surface area contributed by atoms with Crippen molar-refractivity contribution in [3.8, 4) is 11.3 Å². The zero-order chi connectivity index (χ0) is 27.3. The first-order valence-corrected chi connectivity index (χ1v) is 14.4. The van der Waals surface area contributed by atoms with Crippen LogP contribution < -0.4 is 4.90 Å². The number of ether oxygens (including phenoxy) is 2. The van der Waals surface area contributed by atoms with Crippen LogP contribution in [0.2, 0.25) is 0 Å². The lowest BCUT2D eigenvalue weighted by Crippen LogP contribution is -2.54. The van der Waals surface area contributed by atoms with Crippen molar-refractivity contribution in [1.29, 1.82) is 0 Å². The lowest BCUT2D eigenvalue weighted by atomic mass is 10.0. The summed E-state index contributed by atoms with van der Waals surface area (Å²) < 4.78 is 11.6. The van der Waals surface area contributed by atoms with Crippen molar-refractivity contribution in [1.82, 2.24) is 15.1 Å². The fourth-order valence-electron chi connectivity index (χ4n) is 5.72. The third-order valence-electron chi connectivity index (χ3n) is 7.94. The van der Waals surface area contributed by atoms with Crippen molar-refractivity contribution in [2.45, 2.75) is 44.9 Å². The van der Waals surface area contributed by atoms with Crippen molar-refractivity contribution in [2.75, 3.05) is 37.7 Å². The Morgan fingerprint density at radius 1 is 0.925 bits per heavy atom. The van der Waals surface area contributed by atoms with Crippen LogP contribution in [0, 0.1) is 0 Å². The third kappa shape index (κ3) is 5.71. The van der Waals surface area contributed by atoms with Gasteiger partial charge in [0.15, 0.2) is 12.1 Å². The molecular formula is C33H36N4O3. The molecule has 6 rings (SSSR count). The molecular weight excluding hydrogens is 500 g/mol. The first-order chi connectivity index (χ1) is 19.7. The molecule has 2 fully saturated rings. The molecule has 7 nitrogen and oxygen atoms in total. The van der Waals surface area contributed by atoms with Crippen LogP contribution in [0.4, 0.5) is 5.82 Å². The van der Waals surface area contributed by atoms with E-state index in [9.17, 15) is 4.79 Å². The lowest BCUT2D eigenvalue weighted by molar-refractivity contribution is -0.161. The molecule has 0 aliphatic carbocycles. The van der Waals surface area contributed by atoms with Gasteiger partial charge in [0.05, 0.1) is 6.61 Å². The summed E-state index contributed by atoms with van der Waals surface area (Å²) in [6.45, 7) is 5.61. The van der Waals surface area contributed by atoms with Crippen LogP contribution in [0.15, 0.2) is 78.9 Å². The van der Waals surface area contributed by atoms with E-state index < -0.39 is 0 Å². The maximum atomic E-state index is 13.0. The average molecular weight is 537 g/mol. The minimum absolute atomic E-state index is 0.0526. The summed E-state index contributed by atoms with van der Waals surface area (Å²) in [6, 6.07) is 26.5. The van der Waals surface area contributed by atoms with Crippen LogP contribution in [0.25, 0.3) is 22.0 Å². The highest BCUT2D eigenvalue weighted by molar-refractivity contribution is 6.00. The number of aromatic nitrogens is 2. The van der Waals surface area contributed by atoms with Crippen LogP contribution in [0.1, 0.15) is 42.1 Å². The molecule has 1 aromatic heterocycles. The Balaban J connectivity index is 1.16. The number of anilines is 1. The molecule has 0 radical (unpaired) electrons. The zero-order valence-electron chi connectivity index (χ0n) is 23.0. The van der Waals surface area contributed by atoms with Gasteiger partial charge in [-0.15, -0.1) is 10.2 Å². The van der Waals surface area contributed by atoms with E-state index in [0.29, 0.717) is 26.2 Å². The second-order valence-electron chi connectivity index (χ2n) is 10.7. The molecule has 3 aromatic carbocycles. The average Bonchev–Trinajstić information content (AvgIpc) is 3.02. The monoisotopic (exact) mass is 536 g/mol. The number of amides is 1. The number of hydrogen-bond acceptors (Lipinski definition) is 6. The van der Waals surface area contributed by atoms with Crippen LogP contribution in [0.5, 0.6) is 0 Å². The summed E-state index contributed by atoms with van der Waals surface area (Å²) in [6.07, 6.45) is 4.09. The molecule has 3 heterocycles. The van der Waals surface area contributed by atoms with E-state index in [1.54, 1.807) is 0 Å². The first kappa shape index (κ1) is 26.4. The number of carbonyl (C=O) groups is 1. The van der Waals surface area contributed by atoms with Gasteiger partial charge in [-0.2, -0.15) is 0 Å². The molecule has 206 valence electrons. The van der Waals surface area contributed by atoms with E-state index in [0.717, 1.165) is 59.3 Å². The number of benzene rings is 3. The predicted molar refractivity (Wildman–Crippen MR) is 157 cm³/mol. The highest BCUT2D eigenvalue weighted by Gasteiger charge is 2.29. The second kappa shape index (κ2) is 12.1. The SMILES string of the molecule is C[C@@H]1CN(C(=O)c2ccccc2)CCN1c1nnc(-c2ccc(CCOC3CCCCO3)cc2)c2ccccc12. The molecule has 2 saturated heterocycles. The maximum Gasteiger partial charge on any atom is 0.253 e. The zero-order valence-corrected chi connectivity index (χ0v) is 23.0. The Morgan fingerprint density at radius 2 is 1.70 bits per heavy atom. The maximum absolute atomic E-state index is 13.0. The van der Waals surface area contributed by atoms with Gasteiger partial charge in [-0.1, -0.05) is 66.7 Å². The van der Waals surface area contributed by atoms with Gasteiger partial charge in [0.25, 0.3) is 5.91 Å². The molecule has 0 bridgehead atoms. The molecule has 1 amide bonds. The van der Waals surface area contributed by atoms with E-state index in [-0.39, 0.29) is 18.2 Å². The topological polar surface area (TPSA) is 67.8 Å². The van der Waals surface area contributed by atoms with Gasteiger partial charge in [0, 0.05) is 54.2 Å². The van der Waals surface area contributed by atoms with Crippen LogP contribution in [0.3, 0.4) is 0 Å². The van der Waals surface area contributed by atoms with E-state index in [1.165, 1.54) is 12.0 Å². The van der Waals surface area contributed by atoms with Crippen molar-refractivity contribution < 1.29 is 14.3 Å². The number of rotatable bonds is 7. The highest BCUT2D eigenvalue weighted by Crippen LogP contribution is 2.33. The van der Waals surface area contributed by atoms with E-state index >= 15 is 0 Å². The fraction of sp³-hybridized carbons (Fsp3) is 0.364. The summed E-state index contributed by atoms with van der Waals surface area (Å²) in [5, 5.41) is 11.6. The van der Waals surface area contributed by atoms with Crippen molar-refractivity contribution in [2.24, 2.45) is 0 Å². The van der Waals surface area contributed by atoms with Crippen LogP contribution in [-0.2, 0) is 15.9 Å². The molecule has 2 aliphatic heterocycles. The third-order valence-corrected chi connectivity index (χ3v) is 7.94. The molecule has 2 aliphatic rings. The van der Waals surface area contributed by atoms with E-state index in [4.69, 9.17) is 19.7 Å². The Labute approximate surface area is 235 Å². The fourth-order valence-corrected chi connectivity index (χ4v) is 5.72. The molecule has 0 spiro atoms. The normalized spacial score (nSPS) is 19.6. The van der Waals surface area contributed by atoms with Crippen molar-refractivity contribution >= 4 is 22.5 Å². The largest absolute Gasteiger partial charge is 0.353 e. The van der Waals surface area contributed by atoms with Crippen molar-refractivity contribution in [3.05, 3.63) is 90.0 Å². The van der Waals surface area contributed by atoms with Crippen molar-refractivity contribution in [3.63, 3.8) is 0 Å². The Bertz CT molecular complexity index is 1440. The molecule has 4 aromatic rings. The van der Waals surface area contributed by atoms with Gasteiger partial charge in [0.2, 0.25) is 0 Å². The van der Waals surface area contributed by atoms with Gasteiger partial charge >= 0.3 is 0 Å². The minimum Gasteiger partial charge on any atom is -0.353 e. The standard InChI is InChI=1S/C33H36N4O3/c1-24-23-36(33(38)27-9-3-2-4-10-27)19-20-37(24)32-29-12-6-5-11-28(29)31(34-35-32)26-16-14-25(15-17-26)18-22-40-30-13-7-8-21-39-30/h2-6,9-12,14-17,24,30H,7-8,13,18-23H2,1H3/t24-,30?/m1/s1. The Kier molecular flexibility index (Phi) is 8.02. The molecule has 0 N–H and O–H groups in total. The Morgan fingerprint density at radius 3 is 2.45 bits per heavy atom.